The Morgan fingerprint density at radius 3 is 2.30 bits per heavy atom. The molecule has 0 unspecified atom stereocenters. The average molecular weight is 491 g/mol. The Hall–Kier alpha value is -2.46. The predicted molar refractivity (Wildman–Crippen MR) is 127 cm³/mol. The molecule has 0 spiro atoms. The first-order valence-electron chi connectivity index (χ1n) is 11.0. The lowest BCUT2D eigenvalue weighted by Gasteiger charge is -2.34. The lowest BCUT2D eigenvalue weighted by molar-refractivity contribution is -0.117. The summed E-state index contributed by atoms with van der Waals surface area (Å²) in [7, 11) is -3.54. The van der Waals surface area contributed by atoms with Crippen LogP contribution in [0.4, 0.5) is 5.69 Å². The van der Waals surface area contributed by atoms with Crippen LogP contribution >= 0.6 is 11.6 Å². The van der Waals surface area contributed by atoms with Crippen LogP contribution in [0, 0.1) is 0 Å². The molecule has 0 aromatic heterocycles. The Bertz CT molecular complexity index is 1130. The number of nitrogens with zero attached hydrogens (tertiary/aromatic N) is 3. The SMILES string of the molecule is O=C(CN1CCN(C(=O)c2cccc(Cl)c2)CC1)Nc1cccc(S(=O)(=O)N2CCCC2)c1. The molecule has 2 aromatic rings. The molecule has 2 fully saturated rings. The molecule has 2 heterocycles. The maximum absolute atomic E-state index is 12.8. The van der Waals surface area contributed by atoms with Gasteiger partial charge in [-0.3, -0.25) is 14.5 Å². The number of sulfonamides is 1. The monoisotopic (exact) mass is 490 g/mol. The topological polar surface area (TPSA) is 90.0 Å². The standard InChI is InChI=1S/C23H27ClN4O4S/c24-19-6-3-5-18(15-19)23(30)27-13-11-26(12-14-27)17-22(29)25-20-7-4-8-21(16-20)33(31,32)28-9-1-2-10-28/h3-8,15-16H,1-2,9-14,17H2,(H,25,29). The molecular formula is C23H27ClN4O4S. The van der Waals surface area contributed by atoms with E-state index in [4.69, 9.17) is 11.6 Å². The van der Waals surface area contributed by atoms with Crippen molar-refractivity contribution < 1.29 is 18.0 Å². The first kappa shape index (κ1) is 23.7. The van der Waals surface area contributed by atoms with Gasteiger partial charge in [0.05, 0.1) is 11.4 Å². The first-order chi connectivity index (χ1) is 15.8. The van der Waals surface area contributed by atoms with Gasteiger partial charge in [-0.1, -0.05) is 23.7 Å². The van der Waals surface area contributed by atoms with Gasteiger partial charge in [0.15, 0.2) is 0 Å². The third-order valence-electron chi connectivity index (χ3n) is 5.92. The molecule has 176 valence electrons. The van der Waals surface area contributed by atoms with Crippen molar-refractivity contribution in [2.75, 3.05) is 51.1 Å². The van der Waals surface area contributed by atoms with Crippen LogP contribution in [0.5, 0.6) is 0 Å². The molecular weight excluding hydrogens is 464 g/mol. The number of anilines is 1. The minimum atomic E-state index is -3.54. The second-order valence-electron chi connectivity index (χ2n) is 8.27. The highest BCUT2D eigenvalue weighted by atomic mass is 35.5. The third-order valence-corrected chi connectivity index (χ3v) is 8.05. The van der Waals surface area contributed by atoms with Crippen molar-refractivity contribution in [2.24, 2.45) is 0 Å². The lowest BCUT2D eigenvalue weighted by atomic mass is 10.2. The number of carbonyl (C=O) groups is 2. The fraction of sp³-hybridized carbons (Fsp3) is 0.391. The molecule has 0 saturated carbocycles. The first-order valence-corrected chi connectivity index (χ1v) is 12.8. The summed E-state index contributed by atoms with van der Waals surface area (Å²) in [4.78, 5) is 29.1. The van der Waals surface area contributed by atoms with Crippen LogP contribution in [0.15, 0.2) is 53.4 Å². The van der Waals surface area contributed by atoms with E-state index in [0.717, 1.165) is 12.8 Å². The molecule has 2 aliphatic heterocycles. The summed E-state index contributed by atoms with van der Waals surface area (Å²) in [6.07, 6.45) is 1.74. The van der Waals surface area contributed by atoms with E-state index in [0.29, 0.717) is 55.5 Å². The molecule has 0 bridgehead atoms. The minimum absolute atomic E-state index is 0.0716. The zero-order valence-corrected chi connectivity index (χ0v) is 19.8. The Labute approximate surface area is 199 Å². The van der Waals surface area contributed by atoms with Crippen molar-refractivity contribution >= 4 is 39.1 Å². The van der Waals surface area contributed by atoms with Gasteiger partial charge >= 0.3 is 0 Å². The van der Waals surface area contributed by atoms with E-state index in [2.05, 4.69) is 5.32 Å². The normalized spacial score (nSPS) is 17.8. The van der Waals surface area contributed by atoms with Gasteiger partial charge in [0.2, 0.25) is 15.9 Å². The maximum atomic E-state index is 12.8. The second-order valence-corrected chi connectivity index (χ2v) is 10.6. The van der Waals surface area contributed by atoms with E-state index in [1.807, 2.05) is 4.90 Å². The number of halogens is 1. The molecule has 4 rings (SSSR count). The van der Waals surface area contributed by atoms with Gasteiger partial charge < -0.3 is 10.2 Å². The summed E-state index contributed by atoms with van der Waals surface area (Å²) in [6, 6.07) is 13.3. The van der Waals surface area contributed by atoms with Gasteiger partial charge in [0.25, 0.3) is 5.91 Å². The van der Waals surface area contributed by atoms with E-state index in [1.165, 1.54) is 10.4 Å². The molecule has 0 radical (unpaired) electrons. The van der Waals surface area contributed by atoms with E-state index in [1.54, 1.807) is 47.4 Å². The summed E-state index contributed by atoms with van der Waals surface area (Å²) in [5.41, 5.74) is 1.01. The highest BCUT2D eigenvalue weighted by Crippen LogP contribution is 2.23. The Morgan fingerprint density at radius 1 is 0.909 bits per heavy atom. The zero-order chi connectivity index (χ0) is 23.4. The number of rotatable bonds is 6. The van der Waals surface area contributed by atoms with Crippen molar-refractivity contribution in [3.05, 3.63) is 59.1 Å². The molecule has 2 saturated heterocycles. The summed E-state index contributed by atoms with van der Waals surface area (Å²) in [5, 5.41) is 3.32. The predicted octanol–water partition coefficient (Wildman–Crippen LogP) is 2.52. The number of piperazine rings is 1. The molecule has 10 heteroatoms. The van der Waals surface area contributed by atoms with Crippen LogP contribution in [0.25, 0.3) is 0 Å². The van der Waals surface area contributed by atoms with E-state index in [-0.39, 0.29) is 23.3 Å². The molecule has 8 nitrogen and oxygen atoms in total. The maximum Gasteiger partial charge on any atom is 0.253 e. The lowest BCUT2D eigenvalue weighted by Crippen LogP contribution is -2.50. The quantitative estimate of drug-likeness (QED) is 0.672. The van der Waals surface area contributed by atoms with Gasteiger partial charge in [-0.2, -0.15) is 4.31 Å². The second kappa shape index (κ2) is 10.2. The number of hydrogen-bond acceptors (Lipinski definition) is 5. The van der Waals surface area contributed by atoms with Gasteiger partial charge in [-0.25, -0.2) is 8.42 Å². The van der Waals surface area contributed by atoms with Crippen molar-refractivity contribution in [3.8, 4) is 0 Å². The van der Waals surface area contributed by atoms with Crippen LogP contribution in [0.2, 0.25) is 5.02 Å². The number of hydrogen-bond donors (Lipinski definition) is 1. The van der Waals surface area contributed by atoms with Crippen molar-refractivity contribution in [1.29, 1.82) is 0 Å². The highest BCUT2D eigenvalue weighted by molar-refractivity contribution is 7.89. The van der Waals surface area contributed by atoms with Crippen LogP contribution in [0.3, 0.4) is 0 Å². The van der Waals surface area contributed by atoms with Crippen molar-refractivity contribution in [2.45, 2.75) is 17.7 Å². The molecule has 0 atom stereocenters. The number of carbonyl (C=O) groups excluding carboxylic acids is 2. The number of amides is 2. The van der Waals surface area contributed by atoms with E-state index < -0.39 is 10.0 Å². The zero-order valence-electron chi connectivity index (χ0n) is 18.2. The Morgan fingerprint density at radius 2 is 1.61 bits per heavy atom. The van der Waals surface area contributed by atoms with Crippen molar-refractivity contribution in [3.63, 3.8) is 0 Å². The van der Waals surface area contributed by atoms with Crippen molar-refractivity contribution in [1.82, 2.24) is 14.1 Å². The third kappa shape index (κ3) is 5.73. The molecule has 2 aromatic carbocycles. The van der Waals surface area contributed by atoms with Crippen LogP contribution in [-0.4, -0.2) is 80.2 Å². The van der Waals surface area contributed by atoms with Gasteiger partial charge in [-0.05, 0) is 49.2 Å². The molecule has 2 aliphatic rings. The van der Waals surface area contributed by atoms with Crippen LogP contribution in [0.1, 0.15) is 23.2 Å². The fourth-order valence-electron chi connectivity index (χ4n) is 4.13. The molecule has 33 heavy (non-hydrogen) atoms. The largest absolute Gasteiger partial charge is 0.336 e. The van der Waals surface area contributed by atoms with E-state index >= 15 is 0 Å². The molecule has 1 N–H and O–H groups in total. The molecule has 0 aliphatic carbocycles. The number of benzene rings is 2. The van der Waals surface area contributed by atoms with Gasteiger partial charge in [-0.15, -0.1) is 0 Å². The van der Waals surface area contributed by atoms with Gasteiger partial charge in [0, 0.05) is 55.5 Å². The summed E-state index contributed by atoms with van der Waals surface area (Å²) < 4.78 is 27.0. The van der Waals surface area contributed by atoms with E-state index in [9.17, 15) is 18.0 Å². The minimum Gasteiger partial charge on any atom is -0.336 e. The fourth-order valence-corrected chi connectivity index (χ4v) is 5.88. The molecule has 2 amide bonds. The van der Waals surface area contributed by atoms with Gasteiger partial charge in [0.1, 0.15) is 0 Å². The summed E-state index contributed by atoms with van der Waals surface area (Å²) in [5.74, 6) is -0.294. The Kier molecular flexibility index (Phi) is 7.33. The van der Waals surface area contributed by atoms with Crippen LogP contribution < -0.4 is 5.32 Å². The summed E-state index contributed by atoms with van der Waals surface area (Å²) >= 11 is 5.98. The summed E-state index contributed by atoms with van der Waals surface area (Å²) in [6.45, 7) is 3.41. The van der Waals surface area contributed by atoms with Crippen LogP contribution in [-0.2, 0) is 14.8 Å². The Balaban J connectivity index is 1.30. The average Bonchev–Trinajstić information content (AvgIpc) is 3.35. The number of nitrogens with one attached hydrogen (secondary N) is 1. The highest BCUT2D eigenvalue weighted by Gasteiger charge is 2.27. The smallest absolute Gasteiger partial charge is 0.253 e.